The van der Waals surface area contributed by atoms with Crippen LogP contribution in [0.2, 0.25) is 0 Å². The number of rotatable bonds is 8. The number of amides is 1. The van der Waals surface area contributed by atoms with Crippen molar-refractivity contribution in [2.24, 2.45) is 17.1 Å². The Bertz CT molecular complexity index is 335. The number of hydrogen-bond donors (Lipinski definition) is 1. The highest BCUT2D eigenvalue weighted by atomic mass is 16.5. The van der Waals surface area contributed by atoms with E-state index in [0.29, 0.717) is 19.1 Å². The van der Waals surface area contributed by atoms with E-state index in [-0.39, 0.29) is 36.3 Å². The van der Waals surface area contributed by atoms with Crippen LogP contribution in [-0.4, -0.2) is 42.5 Å². The summed E-state index contributed by atoms with van der Waals surface area (Å²) in [4.78, 5) is 25.5. The molecule has 0 radical (unpaired) electrons. The number of carbonyl (C=O) groups excluding carboxylic acids is 2. The highest BCUT2D eigenvalue weighted by Crippen LogP contribution is 2.21. The monoisotopic (exact) mass is 300 g/mol. The maximum absolute atomic E-state index is 12.4. The second kappa shape index (κ2) is 9.03. The predicted octanol–water partition coefficient (Wildman–Crippen LogP) is 2.19. The number of esters is 1. The van der Waals surface area contributed by atoms with Crippen molar-refractivity contribution in [3.8, 4) is 0 Å². The number of nitrogens with two attached hydrogens (primary N) is 1. The van der Waals surface area contributed by atoms with Crippen molar-refractivity contribution in [3.05, 3.63) is 0 Å². The van der Waals surface area contributed by atoms with Crippen LogP contribution in [0.25, 0.3) is 0 Å². The van der Waals surface area contributed by atoms with Gasteiger partial charge in [-0.1, -0.05) is 34.6 Å². The number of hydrogen-bond acceptors (Lipinski definition) is 4. The molecular formula is C16H32N2O3. The molecule has 2 N–H and O–H groups in total. The largest absolute Gasteiger partial charge is 0.465 e. The average Bonchev–Trinajstić information content (AvgIpc) is 2.24. The topological polar surface area (TPSA) is 72.6 Å². The SMILES string of the molecule is CCOC(=O)CN(CC(C)C)C(=O)CC(N)CC(C)(C)C. The molecule has 0 saturated heterocycles. The van der Waals surface area contributed by atoms with Crippen molar-refractivity contribution in [1.29, 1.82) is 0 Å². The lowest BCUT2D eigenvalue weighted by Crippen LogP contribution is -2.42. The summed E-state index contributed by atoms with van der Waals surface area (Å²) in [7, 11) is 0. The van der Waals surface area contributed by atoms with Crippen LogP contribution in [0, 0.1) is 11.3 Å². The zero-order chi connectivity index (χ0) is 16.6. The number of nitrogens with zero attached hydrogens (tertiary/aromatic N) is 1. The van der Waals surface area contributed by atoms with Gasteiger partial charge in [0.1, 0.15) is 6.54 Å². The highest BCUT2D eigenvalue weighted by molar-refractivity contribution is 5.82. The summed E-state index contributed by atoms with van der Waals surface area (Å²) in [6.45, 7) is 13.0. The fourth-order valence-corrected chi connectivity index (χ4v) is 2.27. The van der Waals surface area contributed by atoms with Crippen molar-refractivity contribution in [3.63, 3.8) is 0 Å². The Kier molecular flexibility index (Phi) is 8.55. The van der Waals surface area contributed by atoms with Gasteiger partial charge in [-0.2, -0.15) is 0 Å². The summed E-state index contributed by atoms with van der Waals surface area (Å²) in [5, 5.41) is 0. The molecule has 5 nitrogen and oxygen atoms in total. The molecule has 0 aromatic carbocycles. The first-order valence-corrected chi connectivity index (χ1v) is 7.74. The molecule has 5 heteroatoms. The Morgan fingerprint density at radius 3 is 2.24 bits per heavy atom. The van der Waals surface area contributed by atoms with Gasteiger partial charge in [-0.3, -0.25) is 9.59 Å². The van der Waals surface area contributed by atoms with Gasteiger partial charge in [0.05, 0.1) is 6.61 Å². The number of carbonyl (C=O) groups is 2. The fraction of sp³-hybridized carbons (Fsp3) is 0.875. The van der Waals surface area contributed by atoms with Crippen LogP contribution in [0.3, 0.4) is 0 Å². The van der Waals surface area contributed by atoms with E-state index in [1.165, 1.54) is 0 Å². The molecule has 0 bridgehead atoms. The lowest BCUT2D eigenvalue weighted by Gasteiger charge is -2.27. The number of ether oxygens (including phenoxy) is 1. The van der Waals surface area contributed by atoms with Gasteiger partial charge in [0.2, 0.25) is 5.91 Å². The third kappa shape index (κ3) is 10.3. The molecule has 0 heterocycles. The molecule has 0 aromatic rings. The Morgan fingerprint density at radius 1 is 1.24 bits per heavy atom. The molecule has 1 unspecified atom stereocenters. The minimum Gasteiger partial charge on any atom is -0.465 e. The maximum atomic E-state index is 12.4. The van der Waals surface area contributed by atoms with Crippen LogP contribution in [-0.2, 0) is 14.3 Å². The summed E-state index contributed by atoms with van der Waals surface area (Å²) in [5.74, 6) is -0.147. The Morgan fingerprint density at radius 2 is 1.81 bits per heavy atom. The second-order valence-electron chi connectivity index (χ2n) is 7.20. The fourth-order valence-electron chi connectivity index (χ4n) is 2.27. The minimum atomic E-state index is -0.365. The standard InChI is InChI=1S/C16H32N2O3/c1-7-21-15(20)11-18(10-12(2)3)14(19)8-13(17)9-16(4,5)6/h12-13H,7-11,17H2,1-6H3. The Balaban J connectivity index is 4.60. The second-order valence-corrected chi connectivity index (χ2v) is 7.20. The smallest absolute Gasteiger partial charge is 0.325 e. The molecule has 0 rings (SSSR count). The van der Waals surface area contributed by atoms with Crippen LogP contribution in [0.4, 0.5) is 0 Å². The van der Waals surface area contributed by atoms with Crippen molar-refractivity contribution in [1.82, 2.24) is 4.90 Å². The van der Waals surface area contributed by atoms with Crippen LogP contribution >= 0.6 is 0 Å². The average molecular weight is 300 g/mol. The molecule has 1 atom stereocenters. The summed E-state index contributed by atoms with van der Waals surface area (Å²) >= 11 is 0. The van der Waals surface area contributed by atoms with Gasteiger partial charge >= 0.3 is 5.97 Å². The van der Waals surface area contributed by atoms with Crippen LogP contribution in [0.1, 0.15) is 54.4 Å². The van der Waals surface area contributed by atoms with E-state index in [4.69, 9.17) is 10.5 Å². The van der Waals surface area contributed by atoms with Crippen LogP contribution in [0.15, 0.2) is 0 Å². The molecule has 0 aliphatic carbocycles. The predicted molar refractivity (Wildman–Crippen MR) is 84.7 cm³/mol. The van der Waals surface area contributed by atoms with Gasteiger partial charge in [0, 0.05) is 19.0 Å². The van der Waals surface area contributed by atoms with Crippen molar-refractivity contribution >= 4 is 11.9 Å². The van der Waals surface area contributed by atoms with E-state index in [0.717, 1.165) is 6.42 Å². The molecule has 0 saturated carbocycles. The van der Waals surface area contributed by atoms with Crippen molar-refractivity contribution < 1.29 is 14.3 Å². The summed E-state index contributed by atoms with van der Waals surface area (Å²) in [5.41, 5.74) is 6.14. The first-order chi connectivity index (χ1) is 9.55. The molecule has 0 fully saturated rings. The zero-order valence-electron chi connectivity index (χ0n) is 14.4. The van der Waals surface area contributed by atoms with Gasteiger partial charge < -0.3 is 15.4 Å². The highest BCUT2D eigenvalue weighted by Gasteiger charge is 2.23. The first kappa shape index (κ1) is 19.9. The maximum Gasteiger partial charge on any atom is 0.325 e. The summed E-state index contributed by atoms with van der Waals surface area (Å²) in [6.07, 6.45) is 1.04. The van der Waals surface area contributed by atoms with Gasteiger partial charge in [-0.15, -0.1) is 0 Å². The minimum absolute atomic E-state index is 0.00703. The Labute approximate surface area is 129 Å². The van der Waals surface area contributed by atoms with Gasteiger partial charge in [-0.05, 0) is 24.7 Å². The molecule has 124 valence electrons. The van der Waals surface area contributed by atoms with Gasteiger partial charge in [0.15, 0.2) is 0 Å². The lowest BCUT2D eigenvalue weighted by atomic mass is 9.87. The molecule has 0 aliphatic rings. The van der Waals surface area contributed by atoms with Crippen LogP contribution < -0.4 is 5.73 Å². The van der Waals surface area contributed by atoms with Crippen molar-refractivity contribution in [2.45, 2.75) is 60.4 Å². The van der Waals surface area contributed by atoms with E-state index in [1.54, 1.807) is 11.8 Å². The van der Waals surface area contributed by atoms with E-state index in [9.17, 15) is 9.59 Å². The third-order valence-electron chi connectivity index (χ3n) is 2.87. The summed E-state index contributed by atoms with van der Waals surface area (Å²) < 4.78 is 4.93. The zero-order valence-corrected chi connectivity index (χ0v) is 14.4. The molecule has 0 aliphatic heterocycles. The lowest BCUT2D eigenvalue weighted by molar-refractivity contribution is -0.149. The first-order valence-electron chi connectivity index (χ1n) is 7.74. The normalized spacial score (nSPS) is 13.1. The molecule has 1 amide bonds. The van der Waals surface area contributed by atoms with E-state index >= 15 is 0 Å². The van der Waals surface area contributed by atoms with E-state index in [1.807, 2.05) is 13.8 Å². The van der Waals surface area contributed by atoms with Crippen molar-refractivity contribution in [2.75, 3.05) is 19.7 Å². The molecular weight excluding hydrogens is 268 g/mol. The van der Waals surface area contributed by atoms with Crippen LogP contribution in [0.5, 0.6) is 0 Å². The molecule has 0 spiro atoms. The molecule has 21 heavy (non-hydrogen) atoms. The third-order valence-corrected chi connectivity index (χ3v) is 2.87. The quantitative estimate of drug-likeness (QED) is 0.697. The van der Waals surface area contributed by atoms with Gasteiger partial charge in [0.25, 0.3) is 0 Å². The van der Waals surface area contributed by atoms with Gasteiger partial charge in [-0.25, -0.2) is 0 Å². The van der Waals surface area contributed by atoms with E-state index < -0.39 is 0 Å². The summed E-state index contributed by atoms with van der Waals surface area (Å²) in [6, 6.07) is -0.186. The van der Waals surface area contributed by atoms with E-state index in [2.05, 4.69) is 20.8 Å². The molecule has 0 aromatic heterocycles. The Hall–Kier alpha value is -1.10.